The molecule has 12 saturated carbocycles. The minimum absolute atomic E-state index is 0.312. The largest absolute Gasteiger partial charge is 0.213 e. The van der Waals surface area contributed by atoms with Crippen LogP contribution in [-0.4, -0.2) is 0 Å². The van der Waals surface area contributed by atoms with Crippen LogP contribution in [0.1, 0.15) is 148 Å². The number of rotatable bonds is 12. The topological polar surface area (TPSA) is 15.5 Å². The predicted octanol–water partition coefficient (Wildman–Crippen LogP) is 22.7. The highest BCUT2D eigenvalue weighted by molar-refractivity contribution is 5.75. The van der Waals surface area contributed by atoms with E-state index in [0.717, 1.165) is 35.5 Å². The normalized spacial score (nSPS) is 25.4. The zero-order chi connectivity index (χ0) is 72.5. The molecule has 12 fully saturated rings. The van der Waals surface area contributed by atoms with E-state index >= 15 is 0 Å². The smallest absolute Gasteiger partial charge is 0.201 e. The van der Waals surface area contributed by atoms with Crippen molar-refractivity contribution in [3.63, 3.8) is 0 Å². The number of aromatic nitrogens is 4. The highest BCUT2D eigenvalue weighted by Crippen LogP contribution is 2.62. The molecule has 0 amide bonds. The van der Waals surface area contributed by atoms with Crippen LogP contribution in [0.4, 0.5) is 0 Å². The first-order chi connectivity index (χ1) is 51.5. The molecule has 8 atom stereocenters. The molecule has 8 aromatic carbocycles. The van der Waals surface area contributed by atoms with Gasteiger partial charge in [-0.3, -0.25) is 0 Å². The number of pyridine rings is 4. The molecule has 12 aliphatic rings. The van der Waals surface area contributed by atoms with Crippen LogP contribution in [0.25, 0.3) is 89.5 Å². The maximum Gasteiger partial charge on any atom is 0.213 e. The van der Waals surface area contributed by atoms with E-state index in [-0.39, 0.29) is 11.8 Å². The average Bonchev–Trinajstić information content (AvgIpc) is 1.55. The van der Waals surface area contributed by atoms with Crippen LogP contribution in [0.2, 0.25) is 0 Å². The van der Waals surface area contributed by atoms with Gasteiger partial charge in [0.1, 0.15) is 28.2 Å². The molecule has 8 bridgehead atoms. The van der Waals surface area contributed by atoms with E-state index in [0.29, 0.717) is 23.7 Å². The molecular formula is C100H104N4+4. The van der Waals surface area contributed by atoms with Crippen molar-refractivity contribution < 1.29 is 21.0 Å². The summed E-state index contributed by atoms with van der Waals surface area (Å²) >= 11 is 0. The monoisotopic (exact) mass is 1360 g/mol. The van der Waals surface area contributed by atoms with Gasteiger partial charge >= 0.3 is 0 Å². The van der Waals surface area contributed by atoms with Crippen molar-refractivity contribution in [3.05, 3.63) is 312 Å². The number of fused-ring (bicyclic) bond motifs is 4. The third-order valence-corrected chi connectivity index (χ3v) is 26.3. The number of aryl methyl sites for hydroxylation is 8. The SMILES string of the molecule is Cc1ccccc1-c1cc(-c2ccc(C3C4CCC3C4)cc2)cc[n+]1C.Cc1ccccc1-c1cc(-c2cccc(C3C4CCC3C4)c2)cc[n+]1C.[2H]C1(c2ccc(-c3cc[n+](C)c(-c4ccccc4C)c3)cc2)C2CCC1C2.[2H]C1(c2cccc(-c3cc[n+](C)c(-c4ccccc4C)c3)c2)C2CCC1C2. The molecule has 4 heteroatoms. The minimum atomic E-state index is -0.339. The number of hydrogen-bond donors (Lipinski definition) is 0. The lowest BCUT2D eigenvalue weighted by Gasteiger charge is -2.36. The maximum absolute atomic E-state index is 9.07. The van der Waals surface area contributed by atoms with Crippen molar-refractivity contribution in [2.24, 2.45) is 75.5 Å². The molecule has 0 saturated heterocycles. The molecule has 0 spiro atoms. The van der Waals surface area contributed by atoms with E-state index in [2.05, 4.69) is 342 Å². The van der Waals surface area contributed by atoms with Crippen molar-refractivity contribution in [2.75, 3.05) is 0 Å². The van der Waals surface area contributed by atoms with Crippen molar-refractivity contribution in [3.8, 4) is 89.5 Å². The quantitative estimate of drug-likeness (QED) is 0.108. The Morgan fingerprint density at radius 1 is 0.240 bits per heavy atom. The van der Waals surface area contributed by atoms with Gasteiger partial charge in [-0.25, -0.2) is 18.3 Å². The summed E-state index contributed by atoms with van der Waals surface area (Å²) in [5, 5.41) is 0. The molecule has 104 heavy (non-hydrogen) atoms. The summed E-state index contributed by atoms with van der Waals surface area (Å²) in [6, 6.07) is 88.7. The van der Waals surface area contributed by atoms with Gasteiger partial charge < -0.3 is 0 Å². The standard InChI is InChI=1S/4C25H26N/c2*1-17-6-3-4-9-23(17)24-16-19(12-13-26(24)2)18-7-5-8-20(14-18)25-21-10-11-22(25)15-21;2*1-17-5-3-4-6-23(17)24-16-20(13-14-26(24)2)18-7-9-19(10-8-18)25-21-11-12-22(25)15-21/h2*3-9,12-14,16,21-22,25H,10-11,15H2,1-2H3;2*3-10,13-14,16,21-22,25H,11-12,15H2,1-2H3/q4*+1/i25D;;25D;. The van der Waals surface area contributed by atoms with E-state index in [1.54, 1.807) is 11.1 Å². The molecule has 0 radical (unpaired) electrons. The van der Waals surface area contributed by atoms with E-state index in [9.17, 15) is 0 Å². The van der Waals surface area contributed by atoms with Gasteiger partial charge in [-0.2, -0.15) is 0 Å². The van der Waals surface area contributed by atoms with Crippen molar-refractivity contribution in [1.82, 2.24) is 0 Å². The third kappa shape index (κ3) is 13.1. The Bertz CT molecular complexity index is 5210. The molecule has 0 aliphatic heterocycles. The van der Waals surface area contributed by atoms with Crippen molar-refractivity contribution in [1.29, 1.82) is 0 Å². The molecule has 24 rings (SSSR count). The summed E-state index contributed by atoms with van der Waals surface area (Å²) in [6.45, 7) is 8.70. The first-order valence-electron chi connectivity index (χ1n) is 40.2. The molecule has 4 nitrogen and oxygen atoms in total. The van der Waals surface area contributed by atoms with Crippen LogP contribution in [-0.2, 0) is 28.2 Å². The van der Waals surface area contributed by atoms with Crippen LogP contribution in [0.15, 0.2) is 267 Å². The number of benzene rings is 8. The van der Waals surface area contributed by atoms with Crippen LogP contribution >= 0.6 is 0 Å². The predicted molar refractivity (Wildman–Crippen MR) is 427 cm³/mol. The molecular weight excluding hydrogens is 1260 g/mol. The Morgan fingerprint density at radius 3 is 0.846 bits per heavy atom. The average molecular weight is 1360 g/mol. The molecule has 0 N–H and O–H groups in total. The van der Waals surface area contributed by atoms with Gasteiger partial charge in [0.05, 0.1) is 0 Å². The second-order valence-corrected chi connectivity index (χ2v) is 32.4. The van der Waals surface area contributed by atoms with Crippen LogP contribution < -0.4 is 18.3 Å². The lowest BCUT2D eigenvalue weighted by atomic mass is 9.68. The highest BCUT2D eigenvalue weighted by atomic mass is 14.9. The van der Waals surface area contributed by atoms with E-state index < -0.39 is 0 Å². The second-order valence-electron chi connectivity index (χ2n) is 32.4. The molecule has 12 aromatic rings. The Hall–Kier alpha value is -9.64. The number of nitrogens with zero attached hydrogens (tertiary/aromatic N) is 4. The molecule has 12 aliphatic carbocycles. The van der Waals surface area contributed by atoms with Gasteiger partial charge in [0.25, 0.3) is 0 Å². The molecule has 8 unspecified atom stereocenters. The summed E-state index contributed by atoms with van der Waals surface area (Å²) in [7, 11) is 8.47. The summed E-state index contributed by atoms with van der Waals surface area (Å²) < 4.78 is 26.8. The van der Waals surface area contributed by atoms with E-state index in [1.165, 1.54) is 200 Å². The van der Waals surface area contributed by atoms with E-state index in [4.69, 9.17) is 2.74 Å². The van der Waals surface area contributed by atoms with Gasteiger partial charge in [0, 0.05) is 73.5 Å². The van der Waals surface area contributed by atoms with Gasteiger partial charge in [-0.1, -0.05) is 170 Å². The van der Waals surface area contributed by atoms with Crippen LogP contribution in [0.5, 0.6) is 0 Å². The van der Waals surface area contributed by atoms with Crippen LogP contribution in [0.3, 0.4) is 0 Å². The van der Waals surface area contributed by atoms with E-state index in [1.807, 2.05) is 0 Å². The summed E-state index contributed by atoms with van der Waals surface area (Å²) in [5.74, 6) is 7.14. The lowest BCUT2D eigenvalue weighted by molar-refractivity contribution is -0.660. The zero-order valence-corrected chi connectivity index (χ0v) is 62.5. The fourth-order valence-corrected chi connectivity index (χ4v) is 20.3. The fourth-order valence-electron chi connectivity index (χ4n) is 20.3. The van der Waals surface area contributed by atoms with Crippen molar-refractivity contribution >= 4 is 0 Å². The zero-order valence-electron chi connectivity index (χ0n) is 64.5. The second kappa shape index (κ2) is 28.8. The first kappa shape index (κ1) is 65.1. The Kier molecular flexibility index (Phi) is 18.0. The lowest BCUT2D eigenvalue weighted by Crippen LogP contribution is -2.30. The Labute approximate surface area is 622 Å². The Morgan fingerprint density at radius 2 is 0.510 bits per heavy atom. The van der Waals surface area contributed by atoms with Crippen LogP contribution in [0, 0.1) is 75.0 Å². The minimum Gasteiger partial charge on any atom is -0.201 e. The molecule has 4 heterocycles. The highest BCUT2D eigenvalue weighted by Gasteiger charge is 2.50. The summed E-state index contributed by atoms with van der Waals surface area (Å²) in [4.78, 5) is 0. The summed E-state index contributed by atoms with van der Waals surface area (Å²) in [6.07, 6.45) is 24.9. The molecule has 4 aromatic heterocycles. The van der Waals surface area contributed by atoms with Gasteiger partial charge in [0.15, 0.2) is 24.8 Å². The maximum atomic E-state index is 9.07. The van der Waals surface area contributed by atoms with Gasteiger partial charge in [-0.05, 0) is 289 Å². The number of hydrogen-bond acceptors (Lipinski definition) is 0. The first-order valence-corrected chi connectivity index (χ1v) is 39.2. The fraction of sp³-hybridized carbons (Fsp3) is 0.320. The van der Waals surface area contributed by atoms with Gasteiger partial charge in [-0.15, -0.1) is 0 Å². The molecule has 520 valence electrons. The van der Waals surface area contributed by atoms with Crippen molar-refractivity contribution in [2.45, 2.75) is 128 Å². The van der Waals surface area contributed by atoms with Gasteiger partial charge in [0.2, 0.25) is 22.8 Å². The Balaban J connectivity index is 0.000000104. The third-order valence-electron chi connectivity index (χ3n) is 26.3. The summed E-state index contributed by atoms with van der Waals surface area (Å²) in [5.41, 5.74) is 31.1.